The summed E-state index contributed by atoms with van der Waals surface area (Å²) in [5, 5.41) is 9.13. The molecule has 19 heavy (non-hydrogen) atoms. The molecule has 0 spiro atoms. The molecule has 1 saturated heterocycles. The van der Waals surface area contributed by atoms with Gasteiger partial charge < -0.3 is 14.7 Å². The van der Waals surface area contributed by atoms with Gasteiger partial charge in [0, 0.05) is 25.4 Å². The van der Waals surface area contributed by atoms with Crippen LogP contribution >= 0.6 is 0 Å². The van der Waals surface area contributed by atoms with Crippen LogP contribution in [-0.4, -0.2) is 40.2 Å². The molecule has 2 atom stereocenters. The van der Waals surface area contributed by atoms with Gasteiger partial charge in [0.1, 0.15) is 0 Å². The van der Waals surface area contributed by atoms with Crippen molar-refractivity contribution < 1.29 is 14.6 Å². The lowest BCUT2D eigenvalue weighted by atomic mass is 9.99. The summed E-state index contributed by atoms with van der Waals surface area (Å²) in [5.74, 6) is 0.0267. The van der Waals surface area contributed by atoms with E-state index in [4.69, 9.17) is 9.84 Å². The number of hydrogen-bond acceptors (Lipinski definition) is 5. The second kappa shape index (κ2) is 5.42. The topological polar surface area (TPSA) is 75.5 Å². The molecular formula is C13H19N3O3. The number of rotatable bonds is 4. The monoisotopic (exact) mass is 265 g/mol. The van der Waals surface area contributed by atoms with E-state index in [1.807, 2.05) is 25.7 Å². The van der Waals surface area contributed by atoms with Crippen molar-refractivity contribution in [3.05, 3.63) is 12.3 Å². The summed E-state index contributed by atoms with van der Waals surface area (Å²) >= 11 is 0. The van der Waals surface area contributed by atoms with E-state index in [2.05, 4.69) is 9.97 Å². The van der Waals surface area contributed by atoms with Gasteiger partial charge >= 0.3 is 5.97 Å². The average molecular weight is 265 g/mol. The third-order valence-electron chi connectivity index (χ3n) is 3.19. The van der Waals surface area contributed by atoms with Gasteiger partial charge in [-0.25, -0.2) is 4.98 Å². The minimum absolute atomic E-state index is 0.0482. The number of carboxylic acid groups (broad SMARTS) is 1. The number of aliphatic carboxylic acids is 1. The van der Waals surface area contributed by atoms with Crippen molar-refractivity contribution in [3.8, 4) is 5.88 Å². The maximum atomic E-state index is 11.1. The predicted octanol–water partition coefficient (Wildman–Crippen LogP) is 1.42. The molecule has 1 N–H and O–H groups in total. The van der Waals surface area contributed by atoms with Gasteiger partial charge in [-0.1, -0.05) is 6.92 Å². The fourth-order valence-electron chi connectivity index (χ4n) is 2.24. The van der Waals surface area contributed by atoms with Crippen molar-refractivity contribution in [1.82, 2.24) is 9.97 Å². The number of carbonyl (C=O) groups is 1. The Balaban J connectivity index is 2.13. The summed E-state index contributed by atoms with van der Waals surface area (Å²) in [5.41, 5.74) is 0. The van der Waals surface area contributed by atoms with Gasteiger partial charge in [-0.3, -0.25) is 4.79 Å². The summed E-state index contributed by atoms with van der Waals surface area (Å²) in [6.45, 7) is 6.90. The first-order valence-electron chi connectivity index (χ1n) is 6.45. The fraction of sp³-hybridized carbons (Fsp3) is 0.615. The quantitative estimate of drug-likeness (QED) is 0.887. The lowest BCUT2D eigenvalue weighted by Crippen LogP contribution is -2.24. The molecular weight excluding hydrogens is 246 g/mol. The maximum absolute atomic E-state index is 11.1. The first-order chi connectivity index (χ1) is 8.97. The number of ether oxygens (including phenoxy) is 1. The SMILES string of the molecule is CC(C)Oc1ccnc(N2C[C@@H](C)[C@H](C(=O)O)C2)n1. The highest BCUT2D eigenvalue weighted by molar-refractivity contribution is 5.72. The highest BCUT2D eigenvalue weighted by Gasteiger charge is 2.35. The molecule has 6 heteroatoms. The Bertz CT molecular complexity index is 464. The van der Waals surface area contributed by atoms with E-state index in [-0.39, 0.29) is 17.9 Å². The third-order valence-corrected chi connectivity index (χ3v) is 3.19. The number of nitrogens with zero attached hydrogens (tertiary/aromatic N) is 3. The zero-order valence-electron chi connectivity index (χ0n) is 11.4. The zero-order chi connectivity index (χ0) is 14.0. The first kappa shape index (κ1) is 13.6. The summed E-state index contributed by atoms with van der Waals surface area (Å²) in [7, 11) is 0. The molecule has 0 saturated carbocycles. The van der Waals surface area contributed by atoms with Crippen LogP contribution in [0.25, 0.3) is 0 Å². The van der Waals surface area contributed by atoms with Crippen LogP contribution in [0, 0.1) is 11.8 Å². The van der Waals surface area contributed by atoms with Gasteiger partial charge in [0.2, 0.25) is 11.8 Å². The van der Waals surface area contributed by atoms with E-state index >= 15 is 0 Å². The van der Waals surface area contributed by atoms with Crippen molar-refractivity contribution in [2.75, 3.05) is 18.0 Å². The van der Waals surface area contributed by atoms with Crippen LogP contribution in [0.1, 0.15) is 20.8 Å². The summed E-state index contributed by atoms with van der Waals surface area (Å²) < 4.78 is 5.52. The maximum Gasteiger partial charge on any atom is 0.308 e. The van der Waals surface area contributed by atoms with Crippen molar-refractivity contribution in [3.63, 3.8) is 0 Å². The molecule has 2 rings (SSSR count). The van der Waals surface area contributed by atoms with Crippen LogP contribution in [0.3, 0.4) is 0 Å². The highest BCUT2D eigenvalue weighted by atomic mass is 16.5. The molecule has 0 aliphatic carbocycles. The molecule has 0 bridgehead atoms. The van der Waals surface area contributed by atoms with Crippen LogP contribution in [0.2, 0.25) is 0 Å². The fourth-order valence-corrected chi connectivity index (χ4v) is 2.24. The molecule has 6 nitrogen and oxygen atoms in total. The Labute approximate surface area is 112 Å². The minimum atomic E-state index is -0.760. The predicted molar refractivity (Wildman–Crippen MR) is 70.3 cm³/mol. The smallest absolute Gasteiger partial charge is 0.308 e. The molecule has 1 aromatic rings. The average Bonchev–Trinajstić information content (AvgIpc) is 2.71. The van der Waals surface area contributed by atoms with Crippen LogP contribution in [0.15, 0.2) is 12.3 Å². The Hall–Kier alpha value is -1.85. The molecule has 1 aliphatic heterocycles. The Morgan fingerprint density at radius 2 is 2.26 bits per heavy atom. The van der Waals surface area contributed by atoms with Gasteiger partial charge in [0.15, 0.2) is 0 Å². The molecule has 1 fully saturated rings. The normalized spacial score (nSPS) is 22.8. The van der Waals surface area contributed by atoms with E-state index in [1.165, 1.54) is 0 Å². The van der Waals surface area contributed by atoms with Gasteiger partial charge in [-0.2, -0.15) is 4.98 Å². The molecule has 0 radical (unpaired) electrons. The lowest BCUT2D eigenvalue weighted by Gasteiger charge is -2.16. The molecule has 0 aromatic carbocycles. The number of aromatic nitrogens is 2. The van der Waals surface area contributed by atoms with Crippen LogP contribution < -0.4 is 9.64 Å². The van der Waals surface area contributed by atoms with E-state index in [9.17, 15) is 4.79 Å². The zero-order valence-corrected chi connectivity index (χ0v) is 11.4. The second-order valence-corrected chi connectivity index (χ2v) is 5.19. The highest BCUT2D eigenvalue weighted by Crippen LogP contribution is 2.26. The largest absolute Gasteiger partial charge is 0.481 e. The van der Waals surface area contributed by atoms with Crippen LogP contribution in [0.4, 0.5) is 5.95 Å². The Morgan fingerprint density at radius 3 is 2.84 bits per heavy atom. The first-order valence-corrected chi connectivity index (χ1v) is 6.45. The lowest BCUT2D eigenvalue weighted by molar-refractivity contribution is -0.142. The Kier molecular flexibility index (Phi) is 3.87. The number of hydrogen-bond donors (Lipinski definition) is 1. The van der Waals surface area contributed by atoms with Crippen LogP contribution in [-0.2, 0) is 4.79 Å². The van der Waals surface area contributed by atoms with E-state index in [1.54, 1.807) is 12.3 Å². The summed E-state index contributed by atoms with van der Waals surface area (Å²) in [4.78, 5) is 21.5. The summed E-state index contributed by atoms with van der Waals surface area (Å²) in [6, 6.07) is 1.71. The van der Waals surface area contributed by atoms with Crippen molar-refractivity contribution in [2.45, 2.75) is 26.9 Å². The molecule has 0 unspecified atom stereocenters. The molecule has 2 heterocycles. The summed E-state index contributed by atoms with van der Waals surface area (Å²) in [6.07, 6.45) is 1.69. The molecule has 0 amide bonds. The van der Waals surface area contributed by atoms with E-state index in [0.29, 0.717) is 24.9 Å². The molecule has 104 valence electrons. The second-order valence-electron chi connectivity index (χ2n) is 5.19. The van der Waals surface area contributed by atoms with Gasteiger partial charge in [-0.15, -0.1) is 0 Å². The Morgan fingerprint density at radius 1 is 1.53 bits per heavy atom. The third kappa shape index (κ3) is 3.13. The van der Waals surface area contributed by atoms with Crippen molar-refractivity contribution in [2.24, 2.45) is 11.8 Å². The van der Waals surface area contributed by atoms with Crippen LogP contribution in [0.5, 0.6) is 5.88 Å². The van der Waals surface area contributed by atoms with Gasteiger partial charge in [0.25, 0.3) is 0 Å². The van der Waals surface area contributed by atoms with E-state index in [0.717, 1.165) is 0 Å². The number of anilines is 1. The minimum Gasteiger partial charge on any atom is -0.481 e. The van der Waals surface area contributed by atoms with Crippen molar-refractivity contribution >= 4 is 11.9 Å². The molecule has 1 aromatic heterocycles. The van der Waals surface area contributed by atoms with Gasteiger partial charge in [-0.05, 0) is 19.8 Å². The standard InChI is InChI=1S/C13H19N3O3/c1-8(2)19-11-4-5-14-13(15-11)16-6-9(3)10(7-16)12(17)18/h4-5,8-10H,6-7H2,1-3H3,(H,17,18)/t9-,10-/m1/s1. The number of carboxylic acids is 1. The van der Waals surface area contributed by atoms with E-state index < -0.39 is 5.97 Å². The van der Waals surface area contributed by atoms with Gasteiger partial charge in [0.05, 0.1) is 12.0 Å². The molecule has 1 aliphatic rings. The van der Waals surface area contributed by atoms with Crippen molar-refractivity contribution in [1.29, 1.82) is 0 Å².